The quantitative estimate of drug-likeness (QED) is 0.784. The summed E-state index contributed by atoms with van der Waals surface area (Å²) in [4.78, 5) is 14.5. The molecule has 0 unspecified atom stereocenters. The first-order chi connectivity index (χ1) is 10.7. The van der Waals surface area contributed by atoms with E-state index in [2.05, 4.69) is 35.6 Å². The lowest BCUT2D eigenvalue weighted by atomic mass is 10.00. The third-order valence-electron chi connectivity index (χ3n) is 3.81. The molecule has 0 saturated heterocycles. The van der Waals surface area contributed by atoms with Gasteiger partial charge in [-0.1, -0.05) is 0 Å². The SMILES string of the molecule is Cc1cc([C@H](C)NC(=O)NC[C@@](C)(O)c2cnn(C)c2)c(C)s1. The molecule has 0 aliphatic rings. The number of carbonyl (C=O) groups is 1. The Kier molecular flexibility index (Phi) is 5.11. The van der Waals surface area contributed by atoms with Crippen LogP contribution in [0.5, 0.6) is 0 Å². The van der Waals surface area contributed by atoms with E-state index in [9.17, 15) is 9.90 Å². The number of aryl methyl sites for hydroxylation is 3. The third-order valence-corrected chi connectivity index (χ3v) is 4.80. The van der Waals surface area contributed by atoms with Gasteiger partial charge >= 0.3 is 6.03 Å². The Labute approximate surface area is 140 Å². The molecule has 0 saturated carbocycles. The molecule has 2 aromatic rings. The summed E-state index contributed by atoms with van der Waals surface area (Å²) in [7, 11) is 1.78. The van der Waals surface area contributed by atoms with Gasteiger partial charge in [0.2, 0.25) is 0 Å². The van der Waals surface area contributed by atoms with Crippen molar-refractivity contribution in [2.75, 3.05) is 6.54 Å². The molecule has 0 bridgehead atoms. The Balaban J connectivity index is 1.91. The number of aromatic nitrogens is 2. The van der Waals surface area contributed by atoms with Gasteiger partial charge in [-0.2, -0.15) is 5.10 Å². The van der Waals surface area contributed by atoms with Crippen molar-refractivity contribution in [3.63, 3.8) is 0 Å². The lowest BCUT2D eigenvalue weighted by Crippen LogP contribution is -2.44. The first kappa shape index (κ1) is 17.5. The van der Waals surface area contributed by atoms with E-state index in [1.54, 1.807) is 42.4 Å². The van der Waals surface area contributed by atoms with Gasteiger partial charge in [0.25, 0.3) is 0 Å². The fourth-order valence-corrected chi connectivity index (χ4v) is 3.48. The molecule has 2 atom stereocenters. The van der Waals surface area contributed by atoms with Crippen LogP contribution in [-0.2, 0) is 12.6 Å². The van der Waals surface area contributed by atoms with Crippen molar-refractivity contribution in [2.45, 2.75) is 39.3 Å². The molecule has 0 aliphatic carbocycles. The Bertz CT molecular complexity index is 690. The van der Waals surface area contributed by atoms with Crippen molar-refractivity contribution >= 4 is 17.4 Å². The van der Waals surface area contributed by atoms with Gasteiger partial charge in [-0.05, 0) is 39.3 Å². The van der Waals surface area contributed by atoms with Crippen LogP contribution < -0.4 is 10.6 Å². The second-order valence-corrected chi connectivity index (χ2v) is 7.55. The maximum absolute atomic E-state index is 12.1. The van der Waals surface area contributed by atoms with Crippen LogP contribution in [0.4, 0.5) is 4.79 Å². The summed E-state index contributed by atoms with van der Waals surface area (Å²) in [5, 5.41) is 20.1. The summed E-state index contributed by atoms with van der Waals surface area (Å²) in [6.45, 7) is 7.82. The van der Waals surface area contributed by atoms with E-state index in [0.29, 0.717) is 5.56 Å². The lowest BCUT2D eigenvalue weighted by molar-refractivity contribution is 0.0592. The number of urea groups is 1. The summed E-state index contributed by atoms with van der Waals surface area (Å²) in [5.74, 6) is 0. The fraction of sp³-hybridized carbons (Fsp3) is 0.500. The van der Waals surface area contributed by atoms with Gasteiger partial charge in [-0.25, -0.2) is 4.79 Å². The number of nitrogens with one attached hydrogen (secondary N) is 2. The highest BCUT2D eigenvalue weighted by atomic mass is 32.1. The van der Waals surface area contributed by atoms with Crippen molar-refractivity contribution in [3.8, 4) is 0 Å². The zero-order valence-electron chi connectivity index (χ0n) is 14.2. The average molecular weight is 336 g/mol. The van der Waals surface area contributed by atoms with Crippen LogP contribution in [0, 0.1) is 13.8 Å². The van der Waals surface area contributed by atoms with Gasteiger partial charge in [-0.15, -0.1) is 11.3 Å². The highest BCUT2D eigenvalue weighted by Gasteiger charge is 2.25. The first-order valence-corrected chi connectivity index (χ1v) is 8.33. The van der Waals surface area contributed by atoms with Gasteiger partial charge in [0, 0.05) is 28.6 Å². The largest absolute Gasteiger partial charge is 0.383 e. The number of hydrogen-bond acceptors (Lipinski definition) is 4. The Morgan fingerprint density at radius 1 is 1.52 bits per heavy atom. The Morgan fingerprint density at radius 2 is 2.22 bits per heavy atom. The number of nitrogens with zero attached hydrogens (tertiary/aromatic N) is 2. The maximum Gasteiger partial charge on any atom is 0.315 e. The fourth-order valence-electron chi connectivity index (χ4n) is 2.46. The third kappa shape index (κ3) is 4.33. The molecule has 2 heterocycles. The molecule has 0 spiro atoms. The molecule has 0 fully saturated rings. The van der Waals surface area contributed by atoms with E-state index >= 15 is 0 Å². The highest BCUT2D eigenvalue weighted by Crippen LogP contribution is 2.26. The van der Waals surface area contributed by atoms with E-state index in [1.807, 2.05) is 6.92 Å². The minimum absolute atomic E-state index is 0.0803. The molecule has 0 aliphatic heterocycles. The topological polar surface area (TPSA) is 79.2 Å². The number of aliphatic hydroxyl groups is 1. The summed E-state index contributed by atoms with van der Waals surface area (Å²) >= 11 is 1.72. The second kappa shape index (κ2) is 6.72. The normalized spacial score (nSPS) is 15.0. The molecule has 2 rings (SSSR count). The second-order valence-electron chi connectivity index (χ2n) is 6.09. The van der Waals surface area contributed by atoms with E-state index in [-0.39, 0.29) is 18.6 Å². The number of rotatable bonds is 5. The zero-order chi connectivity index (χ0) is 17.2. The first-order valence-electron chi connectivity index (χ1n) is 7.52. The number of amides is 2. The molecule has 2 amide bonds. The summed E-state index contributed by atoms with van der Waals surface area (Å²) < 4.78 is 1.62. The molecule has 7 heteroatoms. The van der Waals surface area contributed by atoms with Crippen LogP contribution in [-0.4, -0.2) is 27.5 Å². The number of carbonyl (C=O) groups excluding carboxylic acids is 1. The van der Waals surface area contributed by atoms with E-state index < -0.39 is 5.60 Å². The molecular weight excluding hydrogens is 312 g/mol. The van der Waals surface area contributed by atoms with Crippen LogP contribution in [0.1, 0.15) is 40.8 Å². The summed E-state index contributed by atoms with van der Waals surface area (Å²) in [6.07, 6.45) is 3.33. The number of thiophene rings is 1. The van der Waals surface area contributed by atoms with Gasteiger partial charge in [0.05, 0.1) is 18.8 Å². The van der Waals surface area contributed by atoms with Crippen LogP contribution in [0.25, 0.3) is 0 Å². The van der Waals surface area contributed by atoms with Gasteiger partial charge in [-0.3, -0.25) is 4.68 Å². The molecule has 0 aromatic carbocycles. The number of hydrogen-bond donors (Lipinski definition) is 3. The van der Waals surface area contributed by atoms with Crippen molar-refractivity contribution in [1.82, 2.24) is 20.4 Å². The molecular formula is C16H24N4O2S. The Morgan fingerprint density at radius 3 is 2.74 bits per heavy atom. The average Bonchev–Trinajstić information content (AvgIpc) is 3.03. The molecule has 3 N–H and O–H groups in total. The Hall–Kier alpha value is -1.86. The highest BCUT2D eigenvalue weighted by molar-refractivity contribution is 7.12. The summed E-state index contributed by atoms with van der Waals surface area (Å²) in [6, 6.07) is 1.71. The van der Waals surface area contributed by atoms with Crippen molar-refractivity contribution in [2.24, 2.45) is 7.05 Å². The van der Waals surface area contributed by atoms with Crippen LogP contribution >= 0.6 is 11.3 Å². The molecule has 2 aromatic heterocycles. The van der Waals surface area contributed by atoms with Gasteiger partial charge in [0.1, 0.15) is 5.60 Å². The molecule has 23 heavy (non-hydrogen) atoms. The summed E-state index contributed by atoms with van der Waals surface area (Å²) in [5.41, 5.74) is 0.628. The van der Waals surface area contributed by atoms with Crippen LogP contribution in [0.15, 0.2) is 18.5 Å². The molecule has 0 radical (unpaired) electrons. The maximum atomic E-state index is 12.1. The van der Waals surface area contributed by atoms with Crippen molar-refractivity contribution in [1.29, 1.82) is 0 Å². The minimum Gasteiger partial charge on any atom is -0.383 e. The van der Waals surface area contributed by atoms with Gasteiger partial charge in [0.15, 0.2) is 0 Å². The van der Waals surface area contributed by atoms with E-state index in [1.165, 1.54) is 9.75 Å². The van der Waals surface area contributed by atoms with E-state index in [4.69, 9.17) is 0 Å². The van der Waals surface area contributed by atoms with Crippen molar-refractivity contribution < 1.29 is 9.90 Å². The molecule has 6 nitrogen and oxygen atoms in total. The standard InChI is InChI=1S/C16H24N4O2S/c1-10-6-14(12(3)23-10)11(2)19-15(21)17-9-16(4,22)13-7-18-20(5)8-13/h6-8,11,22H,9H2,1-5H3,(H2,17,19,21)/t11-,16+/m0/s1. The monoisotopic (exact) mass is 336 g/mol. The predicted octanol–water partition coefficient (Wildman–Crippen LogP) is 2.37. The minimum atomic E-state index is -1.16. The smallest absolute Gasteiger partial charge is 0.315 e. The van der Waals surface area contributed by atoms with E-state index in [0.717, 1.165) is 5.56 Å². The molecule has 126 valence electrons. The van der Waals surface area contributed by atoms with Gasteiger partial charge < -0.3 is 15.7 Å². The lowest BCUT2D eigenvalue weighted by Gasteiger charge is -2.23. The van der Waals surface area contributed by atoms with Crippen molar-refractivity contribution in [3.05, 3.63) is 39.3 Å². The van der Waals surface area contributed by atoms with Crippen LogP contribution in [0.2, 0.25) is 0 Å². The van der Waals surface area contributed by atoms with Crippen LogP contribution in [0.3, 0.4) is 0 Å². The predicted molar refractivity (Wildman–Crippen MR) is 91.5 cm³/mol. The zero-order valence-corrected chi connectivity index (χ0v) is 15.0.